The lowest BCUT2D eigenvalue weighted by molar-refractivity contribution is 0.0949. The molecule has 0 unspecified atom stereocenters. The van der Waals surface area contributed by atoms with E-state index in [4.69, 9.17) is 5.73 Å². The number of carbonyl (C=O) groups excluding carboxylic acids is 1. The van der Waals surface area contributed by atoms with Crippen LogP contribution in [0.1, 0.15) is 21.7 Å². The van der Waals surface area contributed by atoms with Gasteiger partial charge in [-0.15, -0.1) is 5.10 Å². The highest BCUT2D eigenvalue weighted by Gasteiger charge is 2.20. The first-order chi connectivity index (χ1) is 11.2. The molecule has 3 N–H and O–H groups in total. The van der Waals surface area contributed by atoms with E-state index in [0.29, 0.717) is 5.69 Å². The Morgan fingerprint density at radius 3 is 3.04 bits per heavy atom. The summed E-state index contributed by atoms with van der Waals surface area (Å²) in [6.45, 7) is 1.63. The first-order valence-corrected chi connectivity index (χ1v) is 6.41. The van der Waals surface area contributed by atoms with Gasteiger partial charge in [-0.1, -0.05) is 11.3 Å². The lowest BCUT2D eigenvalue weighted by atomic mass is 10.3. The van der Waals surface area contributed by atoms with Crippen LogP contribution in [-0.4, -0.2) is 42.4 Å². The van der Waals surface area contributed by atoms with Gasteiger partial charge in [-0.25, -0.2) is 10.1 Å². The van der Waals surface area contributed by atoms with Crippen LogP contribution in [0.2, 0.25) is 0 Å². The summed E-state index contributed by atoms with van der Waals surface area (Å²) in [5, 5.41) is 18.5. The number of nitrogens with one attached hydrogen (secondary N) is 1. The van der Waals surface area contributed by atoms with E-state index in [-0.39, 0.29) is 17.3 Å². The molecule has 0 aliphatic rings. The molecule has 0 aliphatic carbocycles. The highest BCUT2D eigenvalue weighted by molar-refractivity contribution is 5.94. The van der Waals surface area contributed by atoms with Crippen LogP contribution in [0.3, 0.4) is 0 Å². The lowest BCUT2D eigenvalue weighted by Crippen LogP contribution is -2.19. The molecular weight excluding hydrogens is 302 g/mol. The third-order valence-corrected chi connectivity index (χ3v) is 2.87. The summed E-state index contributed by atoms with van der Waals surface area (Å²) in [4.78, 5) is 16.0. The molecule has 0 aliphatic heterocycles. The number of nitrogens with zero attached hydrogens (tertiary/aromatic N) is 7. The second-order valence-corrected chi connectivity index (χ2v) is 4.39. The van der Waals surface area contributed by atoms with Gasteiger partial charge in [0.15, 0.2) is 5.69 Å². The molecule has 11 heteroatoms. The first kappa shape index (κ1) is 14.3. The Hall–Kier alpha value is -3.63. The van der Waals surface area contributed by atoms with Crippen molar-refractivity contribution in [3.05, 3.63) is 41.5 Å². The van der Waals surface area contributed by atoms with Gasteiger partial charge >= 0.3 is 0 Å². The van der Waals surface area contributed by atoms with Gasteiger partial charge in [-0.3, -0.25) is 9.78 Å². The molecular formula is C12H11N9O2. The van der Waals surface area contributed by atoms with Gasteiger partial charge in [0.1, 0.15) is 0 Å². The summed E-state index contributed by atoms with van der Waals surface area (Å²) in [7, 11) is 0. The third-order valence-electron chi connectivity index (χ3n) is 2.87. The Labute approximate surface area is 129 Å². The van der Waals surface area contributed by atoms with Crippen molar-refractivity contribution in [3.63, 3.8) is 0 Å². The highest BCUT2D eigenvalue weighted by atomic mass is 16.6. The quantitative estimate of drug-likeness (QED) is 0.492. The maximum absolute atomic E-state index is 12.1. The summed E-state index contributed by atoms with van der Waals surface area (Å²) in [6, 6.07) is 3.56. The fourth-order valence-electron chi connectivity index (χ4n) is 1.75. The number of rotatable bonds is 4. The second-order valence-electron chi connectivity index (χ2n) is 4.39. The molecule has 3 heterocycles. The number of aromatic nitrogens is 6. The van der Waals surface area contributed by atoms with Crippen molar-refractivity contribution >= 4 is 17.9 Å². The molecule has 3 aromatic rings. The van der Waals surface area contributed by atoms with Crippen LogP contribution in [0.5, 0.6) is 0 Å². The van der Waals surface area contributed by atoms with Crippen LogP contribution in [0.15, 0.2) is 34.3 Å². The maximum Gasteiger partial charge on any atom is 0.293 e. The third kappa shape index (κ3) is 2.88. The van der Waals surface area contributed by atoms with Crippen LogP contribution in [0, 0.1) is 6.92 Å². The van der Waals surface area contributed by atoms with E-state index in [2.05, 4.69) is 40.8 Å². The largest absolute Gasteiger partial charge is 0.378 e. The number of pyridine rings is 1. The first-order valence-electron chi connectivity index (χ1n) is 6.41. The van der Waals surface area contributed by atoms with E-state index in [9.17, 15) is 4.79 Å². The van der Waals surface area contributed by atoms with Gasteiger partial charge in [0.2, 0.25) is 11.6 Å². The van der Waals surface area contributed by atoms with E-state index >= 15 is 0 Å². The van der Waals surface area contributed by atoms with Crippen molar-refractivity contribution in [2.75, 3.05) is 5.73 Å². The van der Waals surface area contributed by atoms with Crippen molar-refractivity contribution in [1.29, 1.82) is 0 Å². The molecule has 0 fully saturated rings. The van der Waals surface area contributed by atoms with Crippen molar-refractivity contribution in [2.45, 2.75) is 6.92 Å². The minimum atomic E-state index is -0.524. The summed E-state index contributed by atoms with van der Waals surface area (Å²) in [5.41, 5.74) is 9.19. The Bertz CT molecular complexity index is 853. The van der Waals surface area contributed by atoms with E-state index in [0.717, 1.165) is 5.56 Å². The van der Waals surface area contributed by atoms with Gasteiger partial charge in [0.25, 0.3) is 5.91 Å². The zero-order valence-corrected chi connectivity index (χ0v) is 11.9. The smallest absolute Gasteiger partial charge is 0.293 e. The van der Waals surface area contributed by atoms with Crippen LogP contribution in [0.25, 0.3) is 5.82 Å². The minimum absolute atomic E-state index is 0.0413. The molecule has 1 amide bonds. The van der Waals surface area contributed by atoms with Crippen molar-refractivity contribution in [1.82, 2.24) is 35.7 Å². The number of nitrogen functional groups attached to an aromatic ring is 1. The molecule has 0 bridgehead atoms. The zero-order valence-electron chi connectivity index (χ0n) is 11.9. The predicted molar refractivity (Wildman–Crippen MR) is 77.7 cm³/mol. The SMILES string of the molecule is Cc1c(C(=O)NN=Cc2cccnc2)nnn1-c1nonc1N. The molecule has 0 saturated carbocycles. The van der Waals surface area contributed by atoms with Crippen molar-refractivity contribution in [2.24, 2.45) is 5.10 Å². The van der Waals surface area contributed by atoms with Gasteiger partial charge in [0.05, 0.1) is 11.9 Å². The molecule has 11 nitrogen and oxygen atoms in total. The molecule has 3 rings (SSSR count). The summed E-state index contributed by atoms with van der Waals surface area (Å²) >= 11 is 0. The Morgan fingerprint density at radius 2 is 2.35 bits per heavy atom. The number of anilines is 1. The monoisotopic (exact) mass is 313 g/mol. The van der Waals surface area contributed by atoms with Gasteiger partial charge < -0.3 is 5.73 Å². The minimum Gasteiger partial charge on any atom is -0.378 e. The number of hydrogen-bond donors (Lipinski definition) is 2. The number of amides is 1. The topological polar surface area (TPSA) is 150 Å². The average Bonchev–Trinajstić information content (AvgIpc) is 3.14. The molecule has 0 spiro atoms. The summed E-state index contributed by atoms with van der Waals surface area (Å²) in [5.74, 6) is -0.323. The van der Waals surface area contributed by atoms with Gasteiger partial charge in [-0.05, 0) is 23.3 Å². The Morgan fingerprint density at radius 1 is 1.48 bits per heavy atom. The van der Waals surface area contributed by atoms with Crippen LogP contribution in [-0.2, 0) is 0 Å². The fourth-order valence-corrected chi connectivity index (χ4v) is 1.75. The second kappa shape index (κ2) is 6.01. The number of nitrogens with two attached hydrogens (primary N) is 1. The number of carbonyl (C=O) groups is 1. The molecule has 0 radical (unpaired) electrons. The number of hydrazone groups is 1. The molecule has 3 aromatic heterocycles. The number of hydrogen-bond acceptors (Lipinski definition) is 9. The van der Waals surface area contributed by atoms with Gasteiger partial charge in [0, 0.05) is 18.0 Å². The normalized spacial score (nSPS) is 11.0. The van der Waals surface area contributed by atoms with Gasteiger partial charge in [-0.2, -0.15) is 9.78 Å². The van der Waals surface area contributed by atoms with Crippen molar-refractivity contribution in [3.8, 4) is 5.82 Å². The predicted octanol–water partition coefficient (Wildman–Crippen LogP) is -0.300. The fraction of sp³-hybridized carbons (Fsp3) is 0.0833. The van der Waals surface area contributed by atoms with E-state index in [1.807, 2.05) is 0 Å². The summed E-state index contributed by atoms with van der Waals surface area (Å²) in [6.07, 6.45) is 4.71. The molecule has 116 valence electrons. The van der Waals surface area contributed by atoms with E-state index in [1.54, 1.807) is 31.5 Å². The van der Waals surface area contributed by atoms with E-state index < -0.39 is 5.91 Å². The molecule has 23 heavy (non-hydrogen) atoms. The molecule has 0 saturated heterocycles. The van der Waals surface area contributed by atoms with Crippen molar-refractivity contribution < 1.29 is 9.42 Å². The molecule has 0 aromatic carbocycles. The van der Waals surface area contributed by atoms with Crippen LogP contribution < -0.4 is 11.2 Å². The lowest BCUT2D eigenvalue weighted by Gasteiger charge is -1.99. The van der Waals surface area contributed by atoms with Crippen LogP contribution >= 0.6 is 0 Å². The average molecular weight is 313 g/mol. The highest BCUT2D eigenvalue weighted by Crippen LogP contribution is 2.14. The maximum atomic E-state index is 12.1. The Kier molecular flexibility index (Phi) is 3.74. The zero-order chi connectivity index (χ0) is 16.2. The summed E-state index contributed by atoms with van der Waals surface area (Å²) < 4.78 is 5.75. The Balaban J connectivity index is 1.75. The van der Waals surface area contributed by atoms with E-state index in [1.165, 1.54) is 10.9 Å². The van der Waals surface area contributed by atoms with Crippen LogP contribution in [0.4, 0.5) is 5.82 Å². The standard InChI is InChI=1S/C12H11N9O2/c1-7-9(16-20-21(7)11-10(13)18-23-19-11)12(22)17-15-6-8-3-2-4-14-5-8/h2-6H,1H3,(H2,13,18)(H,17,22). The molecule has 0 atom stereocenters.